The van der Waals surface area contributed by atoms with Crippen LogP contribution in [-0.2, 0) is 6.61 Å². The van der Waals surface area contributed by atoms with Gasteiger partial charge in [0.25, 0.3) is 5.91 Å². The zero-order valence-corrected chi connectivity index (χ0v) is 14.9. The number of aromatic nitrogens is 4. The van der Waals surface area contributed by atoms with Crippen LogP contribution < -0.4 is 5.73 Å². The van der Waals surface area contributed by atoms with E-state index in [1.54, 1.807) is 48.1 Å². The molecule has 140 valence electrons. The van der Waals surface area contributed by atoms with Gasteiger partial charge in [0.15, 0.2) is 11.6 Å². The molecule has 3 aromatic heterocycles. The third-order valence-electron chi connectivity index (χ3n) is 4.46. The highest BCUT2D eigenvalue weighted by Crippen LogP contribution is 2.28. The van der Waals surface area contributed by atoms with E-state index >= 15 is 0 Å². The molecule has 0 saturated heterocycles. The van der Waals surface area contributed by atoms with Crippen LogP contribution in [0.4, 0.5) is 4.39 Å². The summed E-state index contributed by atoms with van der Waals surface area (Å²) < 4.78 is 15.3. The number of aliphatic hydroxyl groups excluding tert-OH is 1. The lowest BCUT2D eigenvalue weighted by Crippen LogP contribution is -2.19. The number of hydrogen-bond donors (Lipinski definition) is 2. The van der Waals surface area contributed by atoms with Crippen LogP contribution in [-0.4, -0.2) is 30.5 Å². The summed E-state index contributed by atoms with van der Waals surface area (Å²) in [6.07, 6.45) is 3.23. The van der Waals surface area contributed by atoms with Gasteiger partial charge in [0, 0.05) is 23.3 Å². The Bertz CT molecular complexity index is 1200. The minimum Gasteiger partial charge on any atom is -0.392 e. The first-order valence-corrected chi connectivity index (χ1v) is 8.50. The number of carbonyl (C=O) groups is 1. The van der Waals surface area contributed by atoms with Gasteiger partial charge in [0.05, 0.1) is 17.8 Å². The van der Waals surface area contributed by atoms with E-state index in [4.69, 9.17) is 5.73 Å². The largest absolute Gasteiger partial charge is 0.392 e. The van der Waals surface area contributed by atoms with E-state index in [2.05, 4.69) is 15.0 Å². The summed E-state index contributed by atoms with van der Waals surface area (Å²) in [5, 5.41) is 10.2. The lowest BCUT2D eigenvalue weighted by Gasteiger charge is -2.13. The molecule has 4 rings (SSSR count). The molecule has 28 heavy (non-hydrogen) atoms. The van der Waals surface area contributed by atoms with E-state index in [1.807, 2.05) is 0 Å². The van der Waals surface area contributed by atoms with Gasteiger partial charge in [-0.3, -0.25) is 9.78 Å². The number of amides is 1. The minimum absolute atomic E-state index is 0.144. The number of nitrogens with zero attached hydrogens (tertiary/aromatic N) is 4. The molecule has 3 heterocycles. The van der Waals surface area contributed by atoms with Crippen molar-refractivity contribution in [3.05, 3.63) is 71.4 Å². The number of aliphatic hydroxyl groups is 1. The van der Waals surface area contributed by atoms with Crippen LogP contribution in [0, 0.1) is 12.7 Å². The van der Waals surface area contributed by atoms with Gasteiger partial charge in [-0.25, -0.2) is 14.4 Å². The molecule has 0 saturated carbocycles. The van der Waals surface area contributed by atoms with Crippen LogP contribution in [0.1, 0.15) is 21.6 Å². The molecule has 0 fully saturated rings. The molecule has 0 aliphatic heterocycles. The van der Waals surface area contributed by atoms with Crippen molar-refractivity contribution in [3.8, 4) is 17.3 Å². The fraction of sp³-hybridized carbons (Fsp3) is 0.100. The van der Waals surface area contributed by atoms with Crippen molar-refractivity contribution in [2.75, 3.05) is 0 Å². The minimum atomic E-state index is -0.686. The van der Waals surface area contributed by atoms with Gasteiger partial charge in [0.2, 0.25) is 0 Å². The normalized spacial score (nSPS) is 11.1. The third kappa shape index (κ3) is 2.89. The second kappa shape index (κ2) is 6.82. The lowest BCUT2D eigenvalue weighted by molar-refractivity contribution is 0.0999. The molecule has 0 radical (unpaired) electrons. The first-order chi connectivity index (χ1) is 13.5. The Morgan fingerprint density at radius 3 is 2.75 bits per heavy atom. The van der Waals surface area contributed by atoms with Crippen molar-refractivity contribution >= 4 is 16.8 Å². The first kappa shape index (κ1) is 17.7. The molecule has 0 spiro atoms. The molecule has 0 atom stereocenters. The number of fused-ring (bicyclic) bond motifs is 1. The number of carbonyl (C=O) groups excluding carboxylic acids is 1. The average molecular weight is 377 g/mol. The molecule has 4 aromatic rings. The van der Waals surface area contributed by atoms with Crippen LogP contribution >= 0.6 is 0 Å². The summed E-state index contributed by atoms with van der Waals surface area (Å²) in [6.45, 7) is 1.37. The third-order valence-corrected chi connectivity index (χ3v) is 4.46. The van der Waals surface area contributed by atoms with Crippen molar-refractivity contribution in [3.63, 3.8) is 0 Å². The smallest absolute Gasteiger partial charge is 0.254 e. The number of primary amides is 1. The van der Waals surface area contributed by atoms with E-state index < -0.39 is 11.7 Å². The maximum atomic E-state index is 13.7. The predicted molar refractivity (Wildman–Crippen MR) is 101 cm³/mol. The molecule has 0 unspecified atom stereocenters. The zero-order chi connectivity index (χ0) is 19.8. The molecule has 1 aromatic carbocycles. The highest BCUT2D eigenvalue weighted by Gasteiger charge is 2.21. The van der Waals surface area contributed by atoms with Crippen molar-refractivity contribution in [2.24, 2.45) is 5.73 Å². The molecule has 0 bridgehead atoms. The molecule has 1 amide bonds. The fourth-order valence-corrected chi connectivity index (χ4v) is 3.20. The highest BCUT2D eigenvalue weighted by atomic mass is 19.1. The van der Waals surface area contributed by atoms with E-state index in [9.17, 15) is 14.3 Å². The second-order valence-corrected chi connectivity index (χ2v) is 6.25. The lowest BCUT2D eigenvalue weighted by atomic mass is 10.1. The monoisotopic (exact) mass is 377 g/mol. The van der Waals surface area contributed by atoms with Crippen LogP contribution in [0.25, 0.3) is 28.2 Å². The van der Waals surface area contributed by atoms with E-state index in [0.717, 1.165) is 0 Å². The predicted octanol–water partition coefficient (Wildman–Crippen LogP) is 2.52. The molecular formula is C20H16FN5O2. The Morgan fingerprint density at radius 2 is 2.07 bits per heavy atom. The summed E-state index contributed by atoms with van der Waals surface area (Å²) >= 11 is 0. The Kier molecular flexibility index (Phi) is 4.32. The van der Waals surface area contributed by atoms with Crippen molar-refractivity contribution < 1.29 is 14.3 Å². The Balaban J connectivity index is 2.05. The van der Waals surface area contributed by atoms with Crippen LogP contribution in [0.2, 0.25) is 0 Å². The van der Waals surface area contributed by atoms with Crippen molar-refractivity contribution in [1.29, 1.82) is 0 Å². The number of pyridine rings is 1. The molecular weight excluding hydrogens is 361 g/mol. The summed E-state index contributed by atoms with van der Waals surface area (Å²) in [5.41, 5.74) is 7.75. The fourth-order valence-electron chi connectivity index (χ4n) is 3.20. The second-order valence-electron chi connectivity index (χ2n) is 6.25. The number of benzene rings is 1. The Labute approximate surface area is 159 Å². The number of aryl methyl sites for hydroxylation is 1. The summed E-state index contributed by atoms with van der Waals surface area (Å²) in [4.78, 5) is 25.3. The number of halogens is 1. The van der Waals surface area contributed by atoms with Gasteiger partial charge in [-0.1, -0.05) is 6.07 Å². The van der Waals surface area contributed by atoms with Gasteiger partial charge >= 0.3 is 0 Å². The highest BCUT2D eigenvalue weighted by molar-refractivity contribution is 5.98. The number of rotatable bonds is 4. The van der Waals surface area contributed by atoms with Crippen molar-refractivity contribution in [1.82, 2.24) is 19.5 Å². The maximum absolute atomic E-state index is 13.7. The van der Waals surface area contributed by atoms with E-state index in [-0.39, 0.29) is 18.0 Å². The topological polar surface area (TPSA) is 107 Å². The molecule has 8 heteroatoms. The van der Waals surface area contributed by atoms with Gasteiger partial charge in [-0.05, 0) is 37.3 Å². The van der Waals surface area contributed by atoms with Gasteiger partial charge in [0.1, 0.15) is 17.1 Å². The van der Waals surface area contributed by atoms with Crippen LogP contribution in [0.5, 0.6) is 0 Å². The van der Waals surface area contributed by atoms with E-state index in [0.29, 0.717) is 33.7 Å². The molecule has 0 aliphatic carbocycles. The number of nitrogens with two attached hydrogens (primary N) is 1. The van der Waals surface area contributed by atoms with Crippen LogP contribution in [0.15, 0.2) is 48.8 Å². The Hall–Kier alpha value is -3.65. The SMILES string of the molecule is Cc1nc(-c2ccccn2)nc(-n2cc(CO)c3cc(F)ccc32)c1C(N)=O. The maximum Gasteiger partial charge on any atom is 0.254 e. The first-order valence-electron chi connectivity index (χ1n) is 8.50. The van der Waals surface area contributed by atoms with Gasteiger partial charge in [-0.15, -0.1) is 0 Å². The quantitative estimate of drug-likeness (QED) is 0.568. The van der Waals surface area contributed by atoms with Gasteiger partial charge in [-0.2, -0.15) is 0 Å². The number of hydrogen-bond acceptors (Lipinski definition) is 5. The molecule has 7 nitrogen and oxygen atoms in total. The summed E-state index contributed by atoms with van der Waals surface area (Å²) in [6, 6.07) is 9.53. The standard InChI is InChI=1S/C20H16FN5O2/c1-11-17(18(22)28)20(25-19(24-11)15-4-2-3-7-23-15)26-9-12(10-27)14-8-13(21)5-6-16(14)26/h2-9,27H,10H2,1H3,(H2,22,28). The average Bonchev–Trinajstić information content (AvgIpc) is 3.05. The molecule has 3 N–H and O–H groups in total. The Morgan fingerprint density at radius 1 is 1.25 bits per heavy atom. The zero-order valence-electron chi connectivity index (χ0n) is 14.9. The van der Waals surface area contributed by atoms with Gasteiger partial charge < -0.3 is 15.4 Å². The van der Waals surface area contributed by atoms with Crippen LogP contribution in [0.3, 0.4) is 0 Å². The van der Waals surface area contributed by atoms with E-state index in [1.165, 1.54) is 12.1 Å². The molecule has 0 aliphatic rings. The summed E-state index contributed by atoms with van der Waals surface area (Å²) in [5.74, 6) is -0.540. The van der Waals surface area contributed by atoms with Crippen molar-refractivity contribution in [2.45, 2.75) is 13.5 Å². The summed E-state index contributed by atoms with van der Waals surface area (Å²) in [7, 11) is 0.